The number of nitrogens with one attached hydrogen (secondary N) is 1. The lowest BCUT2D eigenvalue weighted by Crippen LogP contribution is -2.17. The van der Waals surface area contributed by atoms with Crippen molar-refractivity contribution in [3.63, 3.8) is 0 Å². The SMILES string of the molecule is Cc1ccc(C)c(SCC(=O)Nc2sccc2C(N)=O)c1. The molecule has 1 aromatic heterocycles. The summed E-state index contributed by atoms with van der Waals surface area (Å²) in [6.45, 7) is 4.04. The molecule has 0 unspecified atom stereocenters. The smallest absolute Gasteiger partial charge is 0.251 e. The molecule has 1 heterocycles. The molecule has 0 aliphatic heterocycles. The van der Waals surface area contributed by atoms with E-state index in [0.717, 1.165) is 16.0 Å². The van der Waals surface area contributed by atoms with Crippen molar-refractivity contribution in [3.8, 4) is 0 Å². The summed E-state index contributed by atoms with van der Waals surface area (Å²) in [6, 6.07) is 7.76. The molecule has 0 aliphatic carbocycles. The Balaban J connectivity index is 1.98. The first kappa shape index (κ1) is 15.6. The van der Waals surface area contributed by atoms with Gasteiger partial charge in [0, 0.05) is 4.90 Å². The molecule has 2 aromatic rings. The number of carbonyl (C=O) groups is 2. The van der Waals surface area contributed by atoms with E-state index in [-0.39, 0.29) is 5.91 Å². The number of thiophene rings is 1. The number of carbonyl (C=O) groups excluding carboxylic acids is 2. The Labute approximate surface area is 131 Å². The summed E-state index contributed by atoms with van der Waals surface area (Å²) in [5.41, 5.74) is 7.91. The van der Waals surface area contributed by atoms with Crippen molar-refractivity contribution >= 4 is 39.9 Å². The Bertz CT molecular complexity index is 680. The van der Waals surface area contributed by atoms with Crippen LogP contribution in [0.1, 0.15) is 21.5 Å². The van der Waals surface area contributed by atoms with Gasteiger partial charge in [0.2, 0.25) is 5.91 Å². The minimum absolute atomic E-state index is 0.147. The zero-order chi connectivity index (χ0) is 15.4. The molecule has 0 radical (unpaired) electrons. The van der Waals surface area contributed by atoms with Crippen LogP contribution in [0.4, 0.5) is 5.00 Å². The van der Waals surface area contributed by atoms with Gasteiger partial charge in [-0.15, -0.1) is 23.1 Å². The Morgan fingerprint density at radius 1 is 1.29 bits per heavy atom. The summed E-state index contributed by atoms with van der Waals surface area (Å²) in [4.78, 5) is 24.3. The van der Waals surface area contributed by atoms with Gasteiger partial charge in [-0.25, -0.2) is 0 Å². The number of thioether (sulfide) groups is 1. The van der Waals surface area contributed by atoms with E-state index in [4.69, 9.17) is 5.73 Å². The minimum atomic E-state index is -0.534. The zero-order valence-electron chi connectivity index (χ0n) is 11.8. The number of anilines is 1. The van der Waals surface area contributed by atoms with E-state index in [1.807, 2.05) is 26.0 Å². The molecular weight excluding hydrogens is 304 g/mol. The molecule has 0 aliphatic rings. The summed E-state index contributed by atoms with van der Waals surface area (Å²) < 4.78 is 0. The van der Waals surface area contributed by atoms with E-state index < -0.39 is 5.91 Å². The van der Waals surface area contributed by atoms with Gasteiger partial charge in [0.25, 0.3) is 5.91 Å². The quantitative estimate of drug-likeness (QED) is 0.831. The van der Waals surface area contributed by atoms with E-state index in [1.165, 1.54) is 23.1 Å². The van der Waals surface area contributed by atoms with Crippen LogP contribution < -0.4 is 11.1 Å². The molecule has 1 aromatic carbocycles. The summed E-state index contributed by atoms with van der Waals surface area (Å²) in [5, 5.41) is 4.97. The second kappa shape index (κ2) is 6.78. The number of nitrogens with two attached hydrogens (primary N) is 1. The van der Waals surface area contributed by atoms with E-state index >= 15 is 0 Å². The lowest BCUT2D eigenvalue weighted by Gasteiger charge is -2.07. The molecule has 6 heteroatoms. The van der Waals surface area contributed by atoms with Gasteiger partial charge in [-0.2, -0.15) is 0 Å². The van der Waals surface area contributed by atoms with Gasteiger partial charge in [-0.05, 0) is 36.9 Å². The van der Waals surface area contributed by atoms with Crippen LogP contribution in [0.2, 0.25) is 0 Å². The predicted octanol–water partition coefficient (Wildman–Crippen LogP) is 3.19. The molecule has 0 fully saturated rings. The standard InChI is InChI=1S/C15H16N2O2S2/c1-9-3-4-10(2)12(7-9)21-8-13(18)17-15-11(14(16)19)5-6-20-15/h3-7H,8H2,1-2H3,(H2,16,19)(H,17,18). The second-order valence-electron chi connectivity index (χ2n) is 4.63. The maximum atomic E-state index is 12.0. The average molecular weight is 320 g/mol. The van der Waals surface area contributed by atoms with E-state index in [0.29, 0.717) is 16.3 Å². The number of primary amides is 1. The molecule has 110 valence electrons. The first-order valence-electron chi connectivity index (χ1n) is 6.34. The van der Waals surface area contributed by atoms with Crippen molar-refractivity contribution < 1.29 is 9.59 Å². The van der Waals surface area contributed by atoms with Crippen LogP contribution >= 0.6 is 23.1 Å². The third-order valence-corrected chi connectivity index (χ3v) is 4.87. The molecule has 0 saturated heterocycles. The number of benzene rings is 1. The first-order valence-corrected chi connectivity index (χ1v) is 8.21. The number of aryl methyl sites for hydroxylation is 2. The van der Waals surface area contributed by atoms with Crippen LogP contribution in [-0.4, -0.2) is 17.6 Å². The van der Waals surface area contributed by atoms with E-state index in [2.05, 4.69) is 11.4 Å². The molecule has 0 spiro atoms. The highest BCUT2D eigenvalue weighted by Crippen LogP contribution is 2.25. The number of hydrogen-bond acceptors (Lipinski definition) is 4. The maximum absolute atomic E-state index is 12.0. The molecule has 4 nitrogen and oxygen atoms in total. The molecule has 0 atom stereocenters. The monoisotopic (exact) mass is 320 g/mol. The Hall–Kier alpha value is -1.79. The van der Waals surface area contributed by atoms with Crippen molar-refractivity contribution in [2.75, 3.05) is 11.1 Å². The van der Waals surface area contributed by atoms with Gasteiger partial charge in [0.05, 0.1) is 11.3 Å². The highest BCUT2D eigenvalue weighted by molar-refractivity contribution is 8.00. The fourth-order valence-corrected chi connectivity index (χ4v) is 3.50. The Morgan fingerprint density at radius 2 is 2.05 bits per heavy atom. The highest BCUT2D eigenvalue weighted by Gasteiger charge is 2.13. The second-order valence-corrected chi connectivity index (χ2v) is 6.57. The number of rotatable bonds is 5. The van der Waals surface area contributed by atoms with Crippen molar-refractivity contribution in [1.29, 1.82) is 0 Å². The Morgan fingerprint density at radius 3 is 2.76 bits per heavy atom. The van der Waals surface area contributed by atoms with Gasteiger partial charge < -0.3 is 11.1 Å². The fraction of sp³-hybridized carbons (Fsp3) is 0.200. The molecule has 21 heavy (non-hydrogen) atoms. The van der Waals surface area contributed by atoms with Gasteiger partial charge in [-0.1, -0.05) is 17.7 Å². The summed E-state index contributed by atoms with van der Waals surface area (Å²) in [6.07, 6.45) is 0. The van der Waals surface area contributed by atoms with Gasteiger partial charge in [0.15, 0.2) is 0 Å². The zero-order valence-corrected chi connectivity index (χ0v) is 13.4. The van der Waals surface area contributed by atoms with Crippen LogP contribution in [0.15, 0.2) is 34.5 Å². The minimum Gasteiger partial charge on any atom is -0.366 e. The van der Waals surface area contributed by atoms with Gasteiger partial charge in [-0.3, -0.25) is 9.59 Å². The lowest BCUT2D eigenvalue weighted by atomic mass is 10.2. The molecule has 0 bridgehead atoms. The normalized spacial score (nSPS) is 10.4. The van der Waals surface area contributed by atoms with E-state index in [1.54, 1.807) is 11.4 Å². The van der Waals surface area contributed by atoms with Crippen LogP contribution in [0.5, 0.6) is 0 Å². The van der Waals surface area contributed by atoms with Crippen LogP contribution in [0.25, 0.3) is 0 Å². The third-order valence-electron chi connectivity index (χ3n) is 2.89. The predicted molar refractivity (Wildman–Crippen MR) is 88.1 cm³/mol. The molecular formula is C15H16N2O2S2. The lowest BCUT2D eigenvalue weighted by molar-refractivity contribution is -0.113. The Kier molecular flexibility index (Phi) is 5.03. The highest BCUT2D eigenvalue weighted by atomic mass is 32.2. The van der Waals surface area contributed by atoms with E-state index in [9.17, 15) is 9.59 Å². The average Bonchev–Trinajstić information content (AvgIpc) is 2.88. The molecule has 3 N–H and O–H groups in total. The van der Waals surface area contributed by atoms with Crippen LogP contribution in [0, 0.1) is 13.8 Å². The number of amides is 2. The van der Waals surface area contributed by atoms with Crippen molar-refractivity contribution in [1.82, 2.24) is 0 Å². The fourth-order valence-electron chi connectivity index (χ4n) is 1.77. The van der Waals surface area contributed by atoms with Crippen LogP contribution in [-0.2, 0) is 4.79 Å². The first-order chi connectivity index (χ1) is 9.97. The molecule has 0 saturated carbocycles. The van der Waals surface area contributed by atoms with Crippen molar-refractivity contribution in [2.24, 2.45) is 5.73 Å². The maximum Gasteiger partial charge on any atom is 0.251 e. The molecule has 2 amide bonds. The van der Waals surface area contributed by atoms with Crippen molar-refractivity contribution in [3.05, 3.63) is 46.3 Å². The summed E-state index contributed by atoms with van der Waals surface area (Å²) in [5.74, 6) is -0.389. The topological polar surface area (TPSA) is 72.2 Å². The largest absolute Gasteiger partial charge is 0.366 e. The van der Waals surface area contributed by atoms with Crippen molar-refractivity contribution in [2.45, 2.75) is 18.7 Å². The number of hydrogen-bond donors (Lipinski definition) is 2. The summed E-state index contributed by atoms with van der Waals surface area (Å²) >= 11 is 2.77. The van der Waals surface area contributed by atoms with Gasteiger partial charge in [0.1, 0.15) is 5.00 Å². The molecule has 2 rings (SSSR count). The summed E-state index contributed by atoms with van der Waals surface area (Å²) in [7, 11) is 0. The third kappa shape index (κ3) is 4.09. The van der Waals surface area contributed by atoms with Crippen LogP contribution in [0.3, 0.4) is 0 Å². The van der Waals surface area contributed by atoms with Gasteiger partial charge >= 0.3 is 0 Å².